The van der Waals surface area contributed by atoms with Crippen LogP contribution in [-0.2, 0) is 9.84 Å². The average Bonchev–Trinajstić information content (AvgIpc) is 2.27. The molecule has 0 aliphatic heterocycles. The van der Waals surface area contributed by atoms with E-state index in [0.29, 0.717) is 29.9 Å². The molecule has 1 aliphatic rings. The lowest BCUT2D eigenvalue weighted by Crippen LogP contribution is -2.53. The highest BCUT2D eigenvalue weighted by Crippen LogP contribution is 2.41. The van der Waals surface area contributed by atoms with Gasteiger partial charge < -0.3 is 5.73 Å². The molecule has 3 atom stereocenters. The van der Waals surface area contributed by atoms with E-state index in [1.807, 2.05) is 0 Å². The van der Waals surface area contributed by atoms with Gasteiger partial charge in [-0.05, 0) is 43.4 Å². The summed E-state index contributed by atoms with van der Waals surface area (Å²) in [5, 5.41) is 0. The number of hydrogen-bond acceptors (Lipinski definition) is 3. The topological polar surface area (TPSA) is 60.2 Å². The molecule has 0 aromatic heterocycles. The van der Waals surface area contributed by atoms with E-state index in [4.69, 9.17) is 5.73 Å². The van der Waals surface area contributed by atoms with Crippen molar-refractivity contribution in [3.63, 3.8) is 0 Å². The summed E-state index contributed by atoms with van der Waals surface area (Å²) in [5.41, 5.74) is 6.51. The van der Waals surface area contributed by atoms with E-state index in [0.717, 1.165) is 12.8 Å². The van der Waals surface area contributed by atoms with Crippen LogP contribution >= 0.6 is 0 Å². The Morgan fingerprint density at radius 1 is 1.32 bits per heavy atom. The molecule has 0 saturated heterocycles. The summed E-state index contributed by atoms with van der Waals surface area (Å²) >= 11 is 0. The van der Waals surface area contributed by atoms with Crippen LogP contribution in [0.3, 0.4) is 0 Å². The monoisotopic (exact) mass is 289 g/mol. The standard InChI is InChI=1S/C15H31NO2S/c1-5-19(17,18)10-6-9-15(16)11-13(4)7-8-14(15)12(2)3/h12-14H,5-11,16H2,1-4H3. The zero-order valence-electron chi connectivity index (χ0n) is 13.0. The summed E-state index contributed by atoms with van der Waals surface area (Å²) in [6.07, 6.45) is 5.05. The van der Waals surface area contributed by atoms with Gasteiger partial charge in [0.1, 0.15) is 9.84 Å². The minimum Gasteiger partial charge on any atom is -0.325 e. The fourth-order valence-corrected chi connectivity index (χ4v) is 4.58. The second-order valence-electron chi connectivity index (χ2n) is 6.81. The van der Waals surface area contributed by atoms with E-state index < -0.39 is 9.84 Å². The van der Waals surface area contributed by atoms with Crippen molar-refractivity contribution < 1.29 is 8.42 Å². The molecule has 4 heteroatoms. The van der Waals surface area contributed by atoms with Crippen LogP contribution in [0, 0.1) is 17.8 Å². The van der Waals surface area contributed by atoms with E-state index >= 15 is 0 Å². The number of nitrogens with two attached hydrogens (primary N) is 1. The van der Waals surface area contributed by atoms with Crippen LogP contribution in [0.15, 0.2) is 0 Å². The quantitative estimate of drug-likeness (QED) is 0.817. The fourth-order valence-electron chi connectivity index (χ4n) is 3.70. The molecule has 0 spiro atoms. The summed E-state index contributed by atoms with van der Waals surface area (Å²) in [6.45, 7) is 8.46. The lowest BCUT2D eigenvalue weighted by atomic mass is 9.64. The molecule has 0 aromatic rings. The molecular formula is C15H31NO2S. The van der Waals surface area contributed by atoms with Gasteiger partial charge in [-0.1, -0.05) is 34.1 Å². The van der Waals surface area contributed by atoms with Gasteiger partial charge in [0.15, 0.2) is 0 Å². The van der Waals surface area contributed by atoms with Gasteiger partial charge in [0, 0.05) is 11.3 Å². The van der Waals surface area contributed by atoms with Crippen LogP contribution in [0.4, 0.5) is 0 Å². The van der Waals surface area contributed by atoms with Crippen LogP contribution in [0.1, 0.15) is 59.8 Å². The van der Waals surface area contributed by atoms with Crippen LogP contribution in [-0.4, -0.2) is 25.5 Å². The molecular weight excluding hydrogens is 258 g/mol. The van der Waals surface area contributed by atoms with E-state index in [9.17, 15) is 8.42 Å². The highest BCUT2D eigenvalue weighted by atomic mass is 32.2. The summed E-state index contributed by atoms with van der Waals surface area (Å²) in [7, 11) is -2.85. The first-order valence-electron chi connectivity index (χ1n) is 7.69. The van der Waals surface area contributed by atoms with Gasteiger partial charge in [0.05, 0.1) is 5.75 Å². The maximum atomic E-state index is 11.6. The SMILES string of the molecule is CCS(=O)(=O)CCCC1(N)CC(C)CCC1C(C)C. The summed E-state index contributed by atoms with van der Waals surface area (Å²) < 4.78 is 23.2. The maximum Gasteiger partial charge on any atom is 0.150 e. The third-order valence-corrected chi connectivity index (χ3v) is 6.57. The van der Waals surface area contributed by atoms with E-state index in [-0.39, 0.29) is 11.3 Å². The molecule has 1 rings (SSSR count). The Balaban J connectivity index is 2.64. The van der Waals surface area contributed by atoms with Crippen LogP contribution in [0.25, 0.3) is 0 Å². The third kappa shape index (κ3) is 4.75. The van der Waals surface area contributed by atoms with E-state index in [1.54, 1.807) is 6.92 Å². The Labute approximate surface area is 119 Å². The van der Waals surface area contributed by atoms with Crippen molar-refractivity contribution in [3.8, 4) is 0 Å². The molecule has 1 aliphatic carbocycles. The smallest absolute Gasteiger partial charge is 0.150 e. The Kier molecular flexibility index (Phi) is 5.87. The van der Waals surface area contributed by atoms with Gasteiger partial charge in [-0.15, -0.1) is 0 Å². The number of hydrogen-bond donors (Lipinski definition) is 1. The van der Waals surface area contributed by atoms with Gasteiger partial charge in [0.25, 0.3) is 0 Å². The highest BCUT2D eigenvalue weighted by molar-refractivity contribution is 7.91. The molecule has 19 heavy (non-hydrogen) atoms. The Bertz CT molecular complexity index is 378. The van der Waals surface area contributed by atoms with Crippen molar-refractivity contribution in [1.29, 1.82) is 0 Å². The first-order valence-corrected chi connectivity index (χ1v) is 9.51. The minimum absolute atomic E-state index is 0.158. The van der Waals surface area contributed by atoms with Crippen LogP contribution < -0.4 is 5.73 Å². The van der Waals surface area contributed by atoms with Gasteiger partial charge >= 0.3 is 0 Å². The maximum absolute atomic E-state index is 11.6. The largest absolute Gasteiger partial charge is 0.325 e. The molecule has 0 radical (unpaired) electrons. The Morgan fingerprint density at radius 2 is 1.95 bits per heavy atom. The Morgan fingerprint density at radius 3 is 2.47 bits per heavy atom. The van der Waals surface area contributed by atoms with Crippen LogP contribution in [0.2, 0.25) is 0 Å². The molecule has 1 saturated carbocycles. The molecule has 0 bridgehead atoms. The predicted molar refractivity (Wildman–Crippen MR) is 81.8 cm³/mol. The summed E-state index contributed by atoms with van der Waals surface area (Å²) in [4.78, 5) is 0. The molecule has 0 amide bonds. The molecule has 1 fully saturated rings. The molecule has 114 valence electrons. The molecule has 2 N–H and O–H groups in total. The Hall–Kier alpha value is -0.0900. The summed E-state index contributed by atoms with van der Waals surface area (Å²) in [5.74, 6) is 2.33. The third-order valence-electron chi connectivity index (χ3n) is 4.78. The molecule has 3 unspecified atom stereocenters. The van der Waals surface area contributed by atoms with Crippen molar-refractivity contribution >= 4 is 9.84 Å². The van der Waals surface area contributed by atoms with Gasteiger partial charge in [-0.2, -0.15) is 0 Å². The van der Waals surface area contributed by atoms with Gasteiger partial charge in [-0.25, -0.2) is 8.42 Å². The molecule has 3 nitrogen and oxygen atoms in total. The lowest BCUT2D eigenvalue weighted by molar-refractivity contribution is 0.101. The van der Waals surface area contributed by atoms with E-state index in [2.05, 4.69) is 20.8 Å². The highest BCUT2D eigenvalue weighted by Gasteiger charge is 2.40. The second kappa shape index (κ2) is 6.57. The van der Waals surface area contributed by atoms with Crippen molar-refractivity contribution in [3.05, 3.63) is 0 Å². The molecule has 0 aromatic carbocycles. The average molecular weight is 289 g/mol. The number of rotatable bonds is 6. The predicted octanol–water partition coefficient (Wildman–Crippen LogP) is 2.99. The zero-order chi connectivity index (χ0) is 14.7. The van der Waals surface area contributed by atoms with Crippen molar-refractivity contribution in [1.82, 2.24) is 0 Å². The number of sulfone groups is 1. The van der Waals surface area contributed by atoms with Gasteiger partial charge in [0.2, 0.25) is 0 Å². The summed E-state index contributed by atoms with van der Waals surface area (Å²) in [6, 6.07) is 0. The first-order chi connectivity index (χ1) is 8.70. The van der Waals surface area contributed by atoms with Crippen molar-refractivity contribution in [2.24, 2.45) is 23.5 Å². The minimum atomic E-state index is -2.85. The fraction of sp³-hybridized carbons (Fsp3) is 1.00. The van der Waals surface area contributed by atoms with Gasteiger partial charge in [-0.3, -0.25) is 0 Å². The van der Waals surface area contributed by atoms with Crippen LogP contribution in [0.5, 0.6) is 0 Å². The lowest BCUT2D eigenvalue weighted by Gasteiger charge is -2.46. The normalized spacial score (nSPS) is 32.7. The van der Waals surface area contributed by atoms with Crippen molar-refractivity contribution in [2.45, 2.75) is 65.3 Å². The van der Waals surface area contributed by atoms with Crippen molar-refractivity contribution in [2.75, 3.05) is 11.5 Å². The van der Waals surface area contributed by atoms with E-state index in [1.165, 1.54) is 12.8 Å². The molecule has 0 heterocycles. The zero-order valence-corrected chi connectivity index (χ0v) is 13.8. The first kappa shape index (κ1) is 17.0. The second-order valence-corrected chi connectivity index (χ2v) is 9.28.